The third-order valence-corrected chi connectivity index (χ3v) is 10.9. The highest BCUT2D eigenvalue weighted by molar-refractivity contribution is 7.41. The van der Waals surface area contributed by atoms with Crippen molar-refractivity contribution in [3.8, 4) is 5.75 Å². The van der Waals surface area contributed by atoms with E-state index in [4.69, 9.17) is 18.3 Å². The predicted molar refractivity (Wildman–Crippen MR) is 160 cm³/mol. The summed E-state index contributed by atoms with van der Waals surface area (Å²) in [5.41, 5.74) is 2.63. The molecule has 1 N–H and O–H groups in total. The summed E-state index contributed by atoms with van der Waals surface area (Å²) in [5, 5.41) is 11.0. The number of aliphatic hydroxyl groups excluding tert-OH is 1. The number of fused-ring (bicyclic) bond motifs is 5. The maximum absolute atomic E-state index is 11.0. The highest BCUT2D eigenvalue weighted by Gasteiger charge is 2.56. The maximum atomic E-state index is 11.0. The van der Waals surface area contributed by atoms with Gasteiger partial charge in [-0.2, -0.15) is 0 Å². The van der Waals surface area contributed by atoms with Gasteiger partial charge in [0.2, 0.25) is 0 Å². The van der Waals surface area contributed by atoms with Crippen molar-refractivity contribution in [3.05, 3.63) is 29.3 Å². The zero-order chi connectivity index (χ0) is 28.8. The van der Waals surface area contributed by atoms with Gasteiger partial charge in [-0.05, 0) is 144 Å². The fourth-order valence-corrected chi connectivity index (χ4v) is 8.56. The van der Waals surface area contributed by atoms with Crippen molar-refractivity contribution in [2.45, 2.75) is 137 Å². The van der Waals surface area contributed by atoms with E-state index in [2.05, 4.69) is 45.9 Å². The summed E-state index contributed by atoms with van der Waals surface area (Å²) < 4.78 is 24.2. The molecule has 4 rings (SSSR count). The molecule has 1 aromatic carbocycles. The van der Waals surface area contributed by atoms with Crippen LogP contribution in [0.4, 0.5) is 0 Å². The molecule has 5 nitrogen and oxygen atoms in total. The molecule has 1 aromatic rings. The van der Waals surface area contributed by atoms with E-state index in [1.807, 2.05) is 41.5 Å². The minimum absolute atomic E-state index is 0.0850. The molecule has 222 valence electrons. The fraction of sp³-hybridized carbons (Fsp3) is 0.818. The van der Waals surface area contributed by atoms with Crippen molar-refractivity contribution in [1.82, 2.24) is 0 Å². The van der Waals surface area contributed by atoms with Gasteiger partial charge in [-0.3, -0.25) is 4.52 Å². The molecule has 0 aliphatic heterocycles. The van der Waals surface area contributed by atoms with Gasteiger partial charge in [-0.25, -0.2) is 0 Å². The van der Waals surface area contributed by atoms with Crippen LogP contribution in [0.15, 0.2) is 18.2 Å². The van der Waals surface area contributed by atoms with E-state index in [0.29, 0.717) is 29.1 Å². The Kier molecular flexibility index (Phi) is 9.23. The summed E-state index contributed by atoms with van der Waals surface area (Å²) >= 11 is 0. The van der Waals surface area contributed by atoms with Crippen LogP contribution in [-0.2, 0) is 20.0 Å². The molecule has 6 atom stereocenters. The molecular formula is C33H55O5P. The Balaban J connectivity index is 1.50. The largest absolute Gasteiger partial charge is 0.467 e. The molecule has 0 amide bonds. The Morgan fingerprint density at radius 3 is 2.23 bits per heavy atom. The summed E-state index contributed by atoms with van der Waals surface area (Å²) in [5.74, 6) is 3.37. The van der Waals surface area contributed by atoms with Crippen LogP contribution in [0.25, 0.3) is 0 Å². The SMILES string of the molecule is CC(C)(C)CCC1Cc2cc(OCOP(OC(C)(C)C)OC(C)(C)C)ccc2C2CCC3(C)C(O)CCC3C12. The molecule has 0 heterocycles. The number of ether oxygens (including phenoxy) is 1. The Hall–Kier alpha value is -0.710. The molecule has 3 aliphatic rings. The van der Waals surface area contributed by atoms with Gasteiger partial charge in [-0.15, -0.1) is 0 Å². The Morgan fingerprint density at radius 1 is 0.949 bits per heavy atom. The van der Waals surface area contributed by atoms with E-state index >= 15 is 0 Å². The van der Waals surface area contributed by atoms with Crippen LogP contribution >= 0.6 is 8.60 Å². The van der Waals surface area contributed by atoms with E-state index < -0.39 is 8.60 Å². The van der Waals surface area contributed by atoms with Gasteiger partial charge >= 0.3 is 8.60 Å². The average Bonchev–Trinajstić information content (AvgIpc) is 3.09. The number of benzene rings is 1. The molecular weight excluding hydrogens is 507 g/mol. The number of aliphatic hydroxyl groups is 1. The average molecular weight is 563 g/mol. The maximum Gasteiger partial charge on any atom is 0.336 e. The quantitative estimate of drug-likeness (QED) is 0.253. The molecule has 2 saturated carbocycles. The number of rotatable bonds is 8. The van der Waals surface area contributed by atoms with Crippen molar-refractivity contribution in [2.75, 3.05) is 6.79 Å². The van der Waals surface area contributed by atoms with Gasteiger partial charge in [0, 0.05) is 0 Å². The molecule has 0 bridgehead atoms. The molecule has 6 heteroatoms. The lowest BCUT2D eigenvalue weighted by Gasteiger charge is -2.53. The standard InChI is InChI=1S/C33H55O5P/c1-30(2,3)17-15-22-19-23-20-24(35-21-36-39(37-31(4,5)6)38-32(7,8)9)11-12-25(23)26-16-18-33(10)27(29(22)26)13-14-28(33)34/h11-12,20,22,26-29,34H,13-19,21H2,1-10H3. The van der Waals surface area contributed by atoms with Crippen LogP contribution in [-0.4, -0.2) is 29.2 Å². The summed E-state index contributed by atoms with van der Waals surface area (Å²) in [7, 11) is -1.54. The second-order valence-corrected chi connectivity index (χ2v) is 16.9. The summed E-state index contributed by atoms with van der Waals surface area (Å²) in [6, 6.07) is 6.69. The Labute approximate surface area is 239 Å². The molecule has 2 fully saturated rings. The lowest BCUT2D eigenvalue weighted by molar-refractivity contribution is -0.0405. The smallest absolute Gasteiger partial charge is 0.336 e. The van der Waals surface area contributed by atoms with Crippen molar-refractivity contribution >= 4 is 8.60 Å². The van der Waals surface area contributed by atoms with Crippen molar-refractivity contribution in [2.24, 2.45) is 28.6 Å². The second-order valence-electron chi connectivity index (χ2n) is 15.9. The first-order valence-corrected chi connectivity index (χ1v) is 16.3. The molecule has 0 spiro atoms. The first-order chi connectivity index (χ1) is 18.0. The molecule has 0 radical (unpaired) electrons. The third-order valence-electron chi connectivity index (χ3n) is 9.17. The van der Waals surface area contributed by atoms with Gasteiger partial charge < -0.3 is 18.9 Å². The van der Waals surface area contributed by atoms with Gasteiger partial charge in [0.1, 0.15) is 5.75 Å². The monoisotopic (exact) mass is 562 g/mol. The minimum atomic E-state index is -1.54. The first kappa shape index (κ1) is 31.2. The van der Waals surface area contributed by atoms with Gasteiger partial charge in [0.25, 0.3) is 0 Å². The van der Waals surface area contributed by atoms with Crippen molar-refractivity contribution in [3.63, 3.8) is 0 Å². The topological polar surface area (TPSA) is 57.2 Å². The van der Waals surface area contributed by atoms with Crippen molar-refractivity contribution in [1.29, 1.82) is 0 Å². The van der Waals surface area contributed by atoms with Crippen LogP contribution in [0.2, 0.25) is 0 Å². The van der Waals surface area contributed by atoms with E-state index in [1.54, 1.807) is 0 Å². The number of hydrogen-bond acceptors (Lipinski definition) is 5. The third kappa shape index (κ3) is 7.77. The van der Waals surface area contributed by atoms with Crippen LogP contribution in [0.3, 0.4) is 0 Å². The summed E-state index contributed by atoms with van der Waals surface area (Å²) in [6.07, 6.45) is 7.89. The zero-order valence-corrected chi connectivity index (χ0v) is 27.2. The lowest BCUT2D eigenvalue weighted by Crippen LogP contribution is -2.47. The normalized spacial score (nSPS) is 31.1. The van der Waals surface area contributed by atoms with Crippen LogP contribution in [0.5, 0.6) is 5.75 Å². The lowest BCUT2D eigenvalue weighted by atomic mass is 9.52. The van der Waals surface area contributed by atoms with Crippen LogP contribution in [0.1, 0.15) is 125 Å². The van der Waals surface area contributed by atoms with E-state index in [0.717, 1.165) is 25.0 Å². The van der Waals surface area contributed by atoms with Gasteiger partial charge in [0.05, 0.1) is 17.3 Å². The van der Waals surface area contributed by atoms with Crippen LogP contribution in [0, 0.1) is 28.6 Å². The predicted octanol–water partition coefficient (Wildman–Crippen LogP) is 9.17. The first-order valence-electron chi connectivity index (χ1n) is 15.2. The Morgan fingerprint density at radius 2 is 1.62 bits per heavy atom. The van der Waals surface area contributed by atoms with Gasteiger partial charge in [0.15, 0.2) is 6.79 Å². The highest BCUT2D eigenvalue weighted by atomic mass is 31.2. The number of hydrogen-bond donors (Lipinski definition) is 1. The molecule has 6 unspecified atom stereocenters. The zero-order valence-electron chi connectivity index (χ0n) is 26.3. The summed E-state index contributed by atoms with van der Waals surface area (Å²) in [6.45, 7) is 21.6. The molecule has 0 aromatic heterocycles. The molecule has 0 saturated heterocycles. The second kappa shape index (κ2) is 11.5. The minimum Gasteiger partial charge on any atom is -0.467 e. The highest BCUT2D eigenvalue weighted by Crippen LogP contribution is 2.63. The van der Waals surface area contributed by atoms with Crippen molar-refractivity contribution < 1.29 is 23.4 Å². The van der Waals surface area contributed by atoms with Gasteiger partial charge in [-0.1, -0.05) is 33.8 Å². The van der Waals surface area contributed by atoms with Crippen LogP contribution < -0.4 is 4.74 Å². The van der Waals surface area contributed by atoms with E-state index in [9.17, 15) is 5.11 Å². The fourth-order valence-electron chi connectivity index (χ4n) is 7.39. The Bertz CT molecular complexity index is 958. The molecule has 3 aliphatic carbocycles. The van der Waals surface area contributed by atoms with E-state index in [1.165, 1.54) is 36.8 Å². The summed E-state index contributed by atoms with van der Waals surface area (Å²) in [4.78, 5) is 0. The molecule has 39 heavy (non-hydrogen) atoms. The van der Waals surface area contributed by atoms with E-state index in [-0.39, 0.29) is 29.5 Å².